The maximum absolute atomic E-state index is 3.24. The molecule has 0 spiro atoms. The zero-order valence-electron chi connectivity index (χ0n) is 11.1. The van der Waals surface area contributed by atoms with Crippen LogP contribution in [-0.2, 0) is 6.54 Å². The number of nitrogens with one attached hydrogen (secondary N) is 1. The third-order valence-electron chi connectivity index (χ3n) is 3.59. The Kier molecular flexibility index (Phi) is 4.02. The molecule has 1 N–H and O–H groups in total. The second kappa shape index (κ2) is 5.52. The van der Waals surface area contributed by atoms with Gasteiger partial charge in [-0.3, -0.25) is 0 Å². The molecule has 1 fully saturated rings. The van der Waals surface area contributed by atoms with Gasteiger partial charge < -0.3 is 15.1 Å². The topological polar surface area (TPSA) is 18.5 Å². The second-order valence-electron chi connectivity index (χ2n) is 5.01. The van der Waals surface area contributed by atoms with Crippen LogP contribution in [0.2, 0.25) is 0 Å². The first kappa shape index (κ1) is 12.4. The minimum absolute atomic E-state index is 0.692. The lowest BCUT2D eigenvalue weighted by Crippen LogP contribution is -2.31. The molecule has 17 heavy (non-hydrogen) atoms. The Morgan fingerprint density at radius 2 is 2.12 bits per heavy atom. The Bertz CT molecular complexity index is 362. The van der Waals surface area contributed by atoms with E-state index in [2.05, 4.69) is 53.5 Å². The molecule has 0 aromatic heterocycles. The highest BCUT2D eigenvalue weighted by Crippen LogP contribution is 2.25. The van der Waals surface area contributed by atoms with Crippen LogP contribution in [0.1, 0.15) is 12.0 Å². The fourth-order valence-corrected chi connectivity index (χ4v) is 2.54. The van der Waals surface area contributed by atoms with Crippen molar-refractivity contribution in [3.8, 4) is 0 Å². The Hall–Kier alpha value is -1.06. The molecule has 1 unspecified atom stereocenters. The molecule has 2 rings (SSSR count). The summed E-state index contributed by atoms with van der Waals surface area (Å²) >= 11 is 0. The van der Waals surface area contributed by atoms with Gasteiger partial charge in [-0.05, 0) is 39.2 Å². The summed E-state index contributed by atoms with van der Waals surface area (Å²) < 4.78 is 0. The summed E-state index contributed by atoms with van der Waals surface area (Å²) in [5.74, 6) is 0. The predicted octanol–water partition coefficient (Wildman–Crippen LogP) is 1.55. The molecule has 1 saturated heterocycles. The monoisotopic (exact) mass is 233 g/mol. The van der Waals surface area contributed by atoms with Crippen molar-refractivity contribution in [3.05, 3.63) is 29.8 Å². The molecule has 3 heteroatoms. The average molecular weight is 233 g/mol. The molecule has 0 saturated carbocycles. The van der Waals surface area contributed by atoms with Gasteiger partial charge in [0, 0.05) is 31.4 Å². The fraction of sp³-hybridized carbons (Fsp3) is 0.571. The number of benzene rings is 1. The van der Waals surface area contributed by atoms with Crippen molar-refractivity contribution in [1.82, 2.24) is 10.2 Å². The van der Waals surface area contributed by atoms with Gasteiger partial charge in [-0.15, -0.1) is 0 Å². The first-order valence-electron chi connectivity index (χ1n) is 6.36. The molecule has 1 aliphatic heterocycles. The van der Waals surface area contributed by atoms with Gasteiger partial charge in [-0.1, -0.05) is 18.2 Å². The van der Waals surface area contributed by atoms with Crippen molar-refractivity contribution in [1.29, 1.82) is 0 Å². The molecule has 1 aliphatic rings. The van der Waals surface area contributed by atoms with Crippen molar-refractivity contribution in [2.24, 2.45) is 0 Å². The SMILES string of the molecule is CNCc1ccccc1N1CCC(N(C)C)C1. The van der Waals surface area contributed by atoms with Crippen molar-refractivity contribution >= 4 is 5.69 Å². The quantitative estimate of drug-likeness (QED) is 0.851. The number of para-hydroxylation sites is 1. The van der Waals surface area contributed by atoms with Gasteiger partial charge in [0.05, 0.1) is 0 Å². The summed E-state index contributed by atoms with van der Waals surface area (Å²) in [5, 5.41) is 3.24. The van der Waals surface area contributed by atoms with E-state index in [4.69, 9.17) is 0 Å². The van der Waals surface area contributed by atoms with Gasteiger partial charge in [0.25, 0.3) is 0 Å². The zero-order chi connectivity index (χ0) is 12.3. The maximum Gasteiger partial charge on any atom is 0.0412 e. The number of hydrogen-bond acceptors (Lipinski definition) is 3. The Balaban J connectivity index is 2.12. The summed E-state index contributed by atoms with van der Waals surface area (Å²) in [7, 11) is 6.35. The van der Waals surface area contributed by atoms with Gasteiger partial charge >= 0.3 is 0 Å². The van der Waals surface area contributed by atoms with Crippen molar-refractivity contribution in [2.45, 2.75) is 19.0 Å². The largest absolute Gasteiger partial charge is 0.370 e. The minimum atomic E-state index is 0.692. The van der Waals surface area contributed by atoms with Gasteiger partial charge in [-0.2, -0.15) is 0 Å². The van der Waals surface area contributed by atoms with E-state index in [1.54, 1.807) is 0 Å². The van der Waals surface area contributed by atoms with Crippen molar-refractivity contribution in [3.63, 3.8) is 0 Å². The summed E-state index contributed by atoms with van der Waals surface area (Å²) in [6.45, 7) is 3.26. The highest BCUT2D eigenvalue weighted by atomic mass is 15.2. The third-order valence-corrected chi connectivity index (χ3v) is 3.59. The molecule has 0 aliphatic carbocycles. The predicted molar refractivity (Wildman–Crippen MR) is 73.5 cm³/mol. The van der Waals surface area contributed by atoms with Crippen LogP contribution < -0.4 is 10.2 Å². The van der Waals surface area contributed by atoms with Crippen LogP contribution in [0.5, 0.6) is 0 Å². The second-order valence-corrected chi connectivity index (χ2v) is 5.01. The standard InChI is InChI=1S/C14H23N3/c1-15-10-12-6-4-5-7-14(12)17-9-8-13(11-17)16(2)3/h4-7,13,15H,8-11H2,1-3H3. The number of hydrogen-bond donors (Lipinski definition) is 1. The van der Waals surface area contributed by atoms with Gasteiger partial charge in [-0.25, -0.2) is 0 Å². The molecule has 94 valence electrons. The first-order valence-corrected chi connectivity index (χ1v) is 6.36. The number of rotatable bonds is 4. The molecule has 0 radical (unpaired) electrons. The summed E-state index contributed by atoms with van der Waals surface area (Å²) in [4.78, 5) is 4.85. The van der Waals surface area contributed by atoms with E-state index < -0.39 is 0 Å². The van der Waals surface area contributed by atoms with E-state index in [0.29, 0.717) is 6.04 Å². The Morgan fingerprint density at radius 1 is 1.35 bits per heavy atom. The van der Waals surface area contributed by atoms with Gasteiger partial charge in [0.15, 0.2) is 0 Å². The number of likely N-dealkylation sites (N-methyl/N-ethyl adjacent to an activating group) is 1. The van der Waals surface area contributed by atoms with Gasteiger partial charge in [0.1, 0.15) is 0 Å². The zero-order valence-corrected chi connectivity index (χ0v) is 11.1. The summed E-state index contributed by atoms with van der Waals surface area (Å²) in [6.07, 6.45) is 1.26. The lowest BCUT2D eigenvalue weighted by molar-refractivity contribution is 0.315. The summed E-state index contributed by atoms with van der Waals surface area (Å²) in [6, 6.07) is 9.41. The van der Waals surface area contributed by atoms with E-state index >= 15 is 0 Å². The number of anilines is 1. The smallest absolute Gasteiger partial charge is 0.0412 e. The lowest BCUT2D eigenvalue weighted by atomic mass is 10.1. The van der Waals surface area contributed by atoms with E-state index in [1.165, 1.54) is 24.2 Å². The van der Waals surface area contributed by atoms with Crippen molar-refractivity contribution < 1.29 is 0 Å². The van der Waals surface area contributed by atoms with Crippen LogP contribution in [0.25, 0.3) is 0 Å². The van der Waals surface area contributed by atoms with Gasteiger partial charge in [0.2, 0.25) is 0 Å². The maximum atomic E-state index is 3.24. The van der Waals surface area contributed by atoms with Crippen molar-refractivity contribution in [2.75, 3.05) is 39.1 Å². The normalized spacial score (nSPS) is 20.2. The fourth-order valence-electron chi connectivity index (χ4n) is 2.54. The van der Waals surface area contributed by atoms with E-state index in [9.17, 15) is 0 Å². The minimum Gasteiger partial charge on any atom is -0.370 e. The lowest BCUT2D eigenvalue weighted by Gasteiger charge is -2.24. The Morgan fingerprint density at radius 3 is 2.76 bits per heavy atom. The molecule has 1 aromatic rings. The molecule has 1 atom stereocenters. The molecule has 0 bridgehead atoms. The van der Waals surface area contributed by atoms with Crippen LogP contribution in [0, 0.1) is 0 Å². The van der Waals surface area contributed by atoms with Crippen LogP contribution in [0.3, 0.4) is 0 Å². The van der Waals surface area contributed by atoms with Crippen LogP contribution in [0.4, 0.5) is 5.69 Å². The van der Waals surface area contributed by atoms with E-state index in [0.717, 1.165) is 13.1 Å². The first-order chi connectivity index (χ1) is 8.22. The summed E-state index contributed by atoms with van der Waals surface area (Å²) in [5.41, 5.74) is 2.79. The highest BCUT2D eigenvalue weighted by molar-refractivity contribution is 5.54. The van der Waals surface area contributed by atoms with Crippen LogP contribution in [-0.4, -0.2) is 45.2 Å². The molecule has 3 nitrogen and oxygen atoms in total. The molecular formula is C14H23N3. The van der Waals surface area contributed by atoms with Crippen LogP contribution >= 0.6 is 0 Å². The molecule has 1 aromatic carbocycles. The third kappa shape index (κ3) is 2.79. The molecular weight excluding hydrogens is 210 g/mol. The average Bonchev–Trinajstić information content (AvgIpc) is 2.79. The molecule has 1 heterocycles. The highest BCUT2D eigenvalue weighted by Gasteiger charge is 2.24. The number of nitrogens with zero attached hydrogens (tertiary/aromatic N) is 2. The van der Waals surface area contributed by atoms with E-state index in [-0.39, 0.29) is 0 Å². The molecule has 0 amide bonds. The van der Waals surface area contributed by atoms with Crippen LogP contribution in [0.15, 0.2) is 24.3 Å². The van der Waals surface area contributed by atoms with E-state index in [1.807, 2.05) is 7.05 Å². The Labute approximate surface area is 104 Å².